The first-order chi connectivity index (χ1) is 8.08. The van der Waals surface area contributed by atoms with E-state index < -0.39 is 0 Å². The number of halogens is 1. The second-order valence-electron chi connectivity index (χ2n) is 4.06. The number of benzene rings is 1. The molecule has 0 saturated carbocycles. The summed E-state index contributed by atoms with van der Waals surface area (Å²) >= 11 is 3.26. The lowest BCUT2D eigenvalue weighted by Gasteiger charge is -2.07. The van der Waals surface area contributed by atoms with Gasteiger partial charge in [-0.3, -0.25) is 9.36 Å². The van der Waals surface area contributed by atoms with Crippen LogP contribution in [0.2, 0.25) is 0 Å². The van der Waals surface area contributed by atoms with Gasteiger partial charge in [-0.15, -0.1) is 0 Å². The average Bonchev–Trinajstić information content (AvgIpc) is 2.33. The second-order valence-corrected chi connectivity index (χ2v) is 4.86. The molecule has 0 aliphatic heterocycles. The van der Waals surface area contributed by atoms with E-state index in [2.05, 4.69) is 20.9 Å². The molecule has 1 aromatic heterocycles. The van der Waals surface area contributed by atoms with Crippen molar-refractivity contribution >= 4 is 15.9 Å². The van der Waals surface area contributed by atoms with E-state index in [0.29, 0.717) is 11.0 Å². The van der Waals surface area contributed by atoms with Crippen molar-refractivity contribution in [3.8, 4) is 0 Å². The number of aromatic nitrogens is 2. The van der Waals surface area contributed by atoms with Gasteiger partial charge < -0.3 is 0 Å². The van der Waals surface area contributed by atoms with E-state index in [-0.39, 0.29) is 5.56 Å². The molecule has 0 atom stereocenters. The number of hydrogen-bond donors (Lipinski definition) is 0. The monoisotopic (exact) mass is 292 g/mol. The van der Waals surface area contributed by atoms with E-state index >= 15 is 0 Å². The molecule has 2 rings (SSSR count). The summed E-state index contributed by atoms with van der Waals surface area (Å²) in [6, 6.07) is 8.12. The molecule has 0 saturated heterocycles. The van der Waals surface area contributed by atoms with Crippen LogP contribution in [-0.2, 0) is 6.54 Å². The van der Waals surface area contributed by atoms with Gasteiger partial charge in [0, 0.05) is 0 Å². The highest BCUT2D eigenvalue weighted by atomic mass is 79.9. The normalized spacial score (nSPS) is 10.5. The first kappa shape index (κ1) is 12.0. The van der Waals surface area contributed by atoms with Gasteiger partial charge in [-0.25, -0.2) is 4.98 Å². The molecule has 0 aliphatic carbocycles. The highest BCUT2D eigenvalue weighted by Crippen LogP contribution is 2.08. The zero-order valence-electron chi connectivity index (χ0n) is 9.77. The first-order valence-corrected chi connectivity index (χ1v) is 6.14. The number of rotatable bonds is 2. The van der Waals surface area contributed by atoms with Crippen LogP contribution >= 0.6 is 15.9 Å². The van der Waals surface area contributed by atoms with Crippen LogP contribution in [0.25, 0.3) is 0 Å². The molecule has 0 fully saturated rings. The fourth-order valence-electron chi connectivity index (χ4n) is 1.55. The van der Waals surface area contributed by atoms with Crippen LogP contribution in [0.4, 0.5) is 0 Å². The minimum absolute atomic E-state index is 0.0434. The Morgan fingerprint density at radius 3 is 2.53 bits per heavy atom. The molecule has 2 aromatic rings. The fraction of sp³-hybridized carbons (Fsp3) is 0.231. The Hall–Kier alpha value is -1.42. The van der Waals surface area contributed by atoms with Crippen molar-refractivity contribution in [2.24, 2.45) is 0 Å². The van der Waals surface area contributed by atoms with Gasteiger partial charge in [0.05, 0.1) is 18.6 Å². The predicted molar refractivity (Wildman–Crippen MR) is 71.2 cm³/mol. The largest absolute Gasteiger partial charge is 0.294 e. The maximum Gasteiger partial charge on any atom is 0.268 e. The molecule has 88 valence electrons. The Morgan fingerprint density at radius 2 is 1.88 bits per heavy atom. The summed E-state index contributed by atoms with van der Waals surface area (Å²) in [4.78, 5) is 16.1. The summed E-state index contributed by atoms with van der Waals surface area (Å²) in [6.07, 6.45) is 1.59. The van der Waals surface area contributed by atoms with Crippen LogP contribution in [0, 0.1) is 13.8 Å². The molecule has 4 heteroatoms. The van der Waals surface area contributed by atoms with Gasteiger partial charge in [-0.05, 0) is 35.3 Å². The highest BCUT2D eigenvalue weighted by Gasteiger charge is 2.05. The number of hydrogen-bond acceptors (Lipinski definition) is 2. The van der Waals surface area contributed by atoms with Crippen molar-refractivity contribution in [3.05, 3.63) is 62.2 Å². The maximum atomic E-state index is 11.9. The molecular weight excluding hydrogens is 280 g/mol. The van der Waals surface area contributed by atoms with Gasteiger partial charge in [-0.2, -0.15) is 0 Å². The van der Waals surface area contributed by atoms with Gasteiger partial charge in [-0.1, -0.05) is 29.8 Å². The van der Waals surface area contributed by atoms with Crippen molar-refractivity contribution in [2.75, 3.05) is 0 Å². The van der Waals surface area contributed by atoms with Gasteiger partial charge in [0.1, 0.15) is 4.47 Å². The second kappa shape index (κ2) is 4.84. The third kappa shape index (κ3) is 2.64. The molecule has 1 aromatic carbocycles. The Bertz CT molecular complexity index is 587. The molecule has 0 amide bonds. The van der Waals surface area contributed by atoms with Crippen molar-refractivity contribution < 1.29 is 0 Å². The van der Waals surface area contributed by atoms with Gasteiger partial charge in [0.2, 0.25) is 0 Å². The maximum absolute atomic E-state index is 11.9. The van der Waals surface area contributed by atoms with Crippen LogP contribution in [0.3, 0.4) is 0 Å². The van der Waals surface area contributed by atoms with E-state index in [0.717, 1.165) is 11.3 Å². The molecule has 0 N–H and O–H groups in total. The zero-order chi connectivity index (χ0) is 12.4. The van der Waals surface area contributed by atoms with Crippen LogP contribution < -0.4 is 5.56 Å². The Morgan fingerprint density at radius 1 is 1.24 bits per heavy atom. The lowest BCUT2D eigenvalue weighted by molar-refractivity contribution is 0.724. The van der Waals surface area contributed by atoms with E-state index in [1.54, 1.807) is 10.9 Å². The SMILES string of the molecule is Cc1ccc(Cn2cnc(C)c(Br)c2=O)cc1. The third-order valence-corrected chi connectivity index (χ3v) is 3.54. The smallest absolute Gasteiger partial charge is 0.268 e. The quantitative estimate of drug-likeness (QED) is 0.853. The molecular formula is C13H13BrN2O. The Kier molecular flexibility index (Phi) is 3.43. The van der Waals surface area contributed by atoms with Crippen LogP contribution in [0.5, 0.6) is 0 Å². The minimum atomic E-state index is -0.0434. The Balaban J connectivity index is 2.34. The van der Waals surface area contributed by atoms with Gasteiger partial charge in [0.25, 0.3) is 5.56 Å². The summed E-state index contributed by atoms with van der Waals surface area (Å²) in [5.41, 5.74) is 2.98. The minimum Gasteiger partial charge on any atom is -0.294 e. The van der Waals surface area contributed by atoms with E-state index in [1.165, 1.54) is 5.56 Å². The molecule has 0 bridgehead atoms. The fourth-order valence-corrected chi connectivity index (χ4v) is 1.88. The van der Waals surface area contributed by atoms with Crippen molar-refractivity contribution in [1.82, 2.24) is 9.55 Å². The lowest BCUT2D eigenvalue weighted by Crippen LogP contribution is -2.22. The standard InChI is InChI=1S/C13H13BrN2O/c1-9-3-5-11(6-4-9)7-16-8-15-10(2)12(14)13(16)17/h3-6,8H,7H2,1-2H3. The average molecular weight is 293 g/mol. The topological polar surface area (TPSA) is 34.9 Å². The first-order valence-electron chi connectivity index (χ1n) is 5.35. The number of aryl methyl sites for hydroxylation is 2. The molecule has 0 aliphatic rings. The van der Waals surface area contributed by atoms with Crippen molar-refractivity contribution in [2.45, 2.75) is 20.4 Å². The van der Waals surface area contributed by atoms with Crippen molar-refractivity contribution in [1.29, 1.82) is 0 Å². The molecule has 17 heavy (non-hydrogen) atoms. The molecule has 1 heterocycles. The van der Waals surface area contributed by atoms with Gasteiger partial charge >= 0.3 is 0 Å². The third-order valence-electron chi connectivity index (χ3n) is 2.63. The highest BCUT2D eigenvalue weighted by molar-refractivity contribution is 9.10. The Labute approximate surface area is 108 Å². The van der Waals surface area contributed by atoms with Crippen LogP contribution in [0.15, 0.2) is 39.9 Å². The summed E-state index contributed by atoms with van der Waals surface area (Å²) in [5.74, 6) is 0. The van der Waals surface area contributed by atoms with Crippen molar-refractivity contribution in [3.63, 3.8) is 0 Å². The summed E-state index contributed by atoms with van der Waals surface area (Å²) in [7, 11) is 0. The number of nitrogens with zero attached hydrogens (tertiary/aromatic N) is 2. The summed E-state index contributed by atoms with van der Waals surface area (Å²) in [6.45, 7) is 4.40. The van der Waals surface area contributed by atoms with E-state index in [9.17, 15) is 4.79 Å². The zero-order valence-corrected chi connectivity index (χ0v) is 11.4. The summed E-state index contributed by atoms with van der Waals surface area (Å²) in [5, 5.41) is 0. The molecule has 0 spiro atoms. The molecule has 0 unspecified atom stereocenters. The molecule has 0 radical (unpaired) electrons. The predicted octanol–water partition coefficient (Wildman–Crippen LogP) is 2.67. The summed E-state index contributed by atoms with van der Waals surface area (Å²) < 4.78 is 2.13. The van der Waals surface area contributed by atoms with E-state index in [1.807, 2.05) is 38.1 Å². The van der Waals surface area contributed by atoms with Crippen LogP contribution in [0.1, 0.15) is 16.8 Å². The molecule has 3 nitrogen and oxygen atoms in total. The van der Waals surface area contributed by atoms with Gasteiger partial charge in [0.15, 0.2) is 0 Å². The van der Waals surface area contributed by atoms with E-state index in [4.69, 9.17) is 0 Å². The van der Waals surface area contributed by atoms with Crippen LogP contribution in [-0.4, -0.2) is 9.55 Å². The lowest BCUT2D eigenvalue weighted by atomic mass is 10.1.